The predicted molar refractivity (Wildman–Crippen MR) is 77.8 cm³/mol. The summed E-state index contributed by atoms with van der Waals surface area (Å²) in [5.74, 6) is 0.955. The van der Waals surface area contributed by atoms with Crippen LogP contribution in [-0.2, 0) is 0 Å². The third-order valence-corrected chi connectivity index (χ3v) is 3.50. The van der Waals surface area contributed by atoms with Crippen molar-refractivity contribution >= 4 is 5.91 Å². The second kappa shape index (κ2) is 5.78. The minimum atomic E-state index is 0.0877. The molecule has 0 unspecified atom stereocenters. The highest BCUT2D eigenvalue weighted by Gasteiger charge is 2.28. The van der Waals surface area contributed by atoms with Crippen molar-refractivity contribution in [2.24, 2.45) is 0 Å². The maximum atomic E-state index is 12.3. The molecule has 2 aromatic rings. The first kappa shape index (κ1) is 12.7. The summed E-state index contributed by atoms with van der Waals surface area (Å²) in [6.45, 7) is 1.41. The topological polar surface area (TPSA) is 29.5 Å². The number of carbonyl (C=O) groups is 1. The lowest BCUT2D eigenvalue weighted by Gasteiger charge is -2.17. The first-order chi connectivity index (χ1) is 9.83. The Balaban J connectivity index is 1.61. The molecule has 2 aromatic carbocycles. The normalized spacial score (nSPS) is 18.0. The van der Waals surface area contributed by atoms with Gasteiger partial charge in [0.05, 0.1) is 6.54 Å². The second-order valence-electron chi connectivity index (χ2n) is 4.96. The lowest BCUT2D eigenvalue weighted by molar-refractivity contribution is 0.0772. The molecule has 3 rings (SSSR count). The van der Waals surface area contributed by atoms with Gasteiger partial charge in [-0.1, -0.05) is 36.4 Å². The molecule has 0 aromatic heterocycles. The summed E-state index contributed by atoms with van der Waals surface area (Å²) in [6.07, 6.45) is 0.970. The van der Waals surface area contributed by atoms with Crippen LogP contribution in [0, 0.1) is 0 Å². The average molecular weight is 267 g/mol. The fraction of sp³-hybridized carbons (Fsp3) is 0.235. The Bertz CT molecular complexity index is 568. The smallest absolute Gasteiger partial charge is 0.253 e. The number of para-hydroxylation sites is 1. The highest BCUT2D eigenvalue weighted by atomic mass is 16.5. The van der Waals surface area contributed by atoms with Crippen LogP contribution in [0.5, 0.6) is 5.75 Å². The number of carbonyl (C=O) groups excluding carboxylic acids is 1. The third-order valence-electron chi connectivity index (χ3n) is 3.50. The van der Waals surface area contributed by atoms with E-state index in [1.54, 1.807) is 0 Å². The van der Waals surface area contributed by atoms with E-state index < -0.39 is 0 Å². The molecule has 3 nitrogen and oxygen atoms in total. The molecule has 0 N–H and O–H groups in total. The molecule has 1 aliphatic heterocycles. The van der Waals surface area contributed by atoms with Crippen LogP contribution in [0.2, 0.25) is 0 Å². The van der Waals surface area contributed by atoms with Gasteiger partial charge >= 0.3 is 0 Å². The van der Waals surface area contributed by atoms with Gasteiger partial charge in [0.1, 0.15) is 11.9 Å². The molecule has 1 amide bonds. The molecular weight excluding hydrogens is 250 g/mol. The molecule has 3 heteroatoms. The molecular formula is C17H17NO2. The molecule has 20 heavy (non-hydrogen) atoms. The van der Waals surface area contributed by atoms with Crippen LogP contribution in [-0.4, -0.2) is 30.0 Å². The quantitative estimate of drug-likeness (QED) is 0.855. The number of rotatable bonds is 3. The Labute approximate surface area is 118 Å². The van der Waals surface area contributed by atoms with Crippen molar-refractivity contribution in [2.45, 2.75) is 12.5 Å². The molecule has 0 bridgehead atoms. The SMILES string of the molecule is O=C(c1ccccc1)N1CC[C@@H](Oc2ccccc2)C1. The highest BCUT2D eigenvalue weighted by Crippen LogP contribution is 2.19. The van der Waals surface area contributed by atoms with Crippen molar-refractivity contribution in [2.75, 3.05) is 13.1 Å². The van der Waals surface area contributed by atoms with E-state index in [4.69, 9.17) is 4.74 Å². The van der Waals surface area contributed by atoms with Gasteiger partial charge in [-0.25, -0.2) is 0 Å². The molecule has 0 radical (unpaired) electrons. The van der Waals surface area contributed by atoms with Crippen LogP contribution >= 0.6 is 0 Å². The van der Waals surface area contributed by atoms with E-state index in [0.29, 0.717) is 6.54 Å². The first-order valence-electron chi connectivity index (χ1n) is 6.89. The summed E-state index contributed by atoms with van der Waals surface area (Å²) in [6, 6.07) is 19.2. The Kier molecular flexibility index (Phi) is 3.68. The largest absolute Gasteiger partial charge is 0.489 e. The van der Waals surface area contributed by atoms with Crippen molar-refractivity contribution in [1.29, 1.82) is 0 Å². The molecule has 0 spiro atoms. The summed E-state index contributed by atoms with van der Waals surface area (Å²) < 4.78 is 5.90. The maximum Gasteiger partial charge on any atom is 0.253 e. The summed E-state index contributed by atoms with van der Waals surface area (Å²) in [5, 5.41) is 0. The Hall–Kier alpha value is -2.29. The number of ether oxygens (including phenoxy) is 1. The molecule has 102 valence electrons. The zero-order valence-electron chi connectivity index (χ0n) is 11.2. The van der Waals surface area contributed by atoms with Gasteiger partial charge in [-0.05, 0) is 24.3 Å². The van der Waals surface area contributed by atoms with Crippen molar-refractivity contribution in [3.63, 3.8) is 0 Å². The maximum absolute atomic E-state index is 12.3. The monoisotopic (exact) mass is 267 g/mol. The first-order valence-corrected chi connectivity index (χ1v) is 6.89. The van der Waals surface area contributed by atoms with E-state index in [2.05, 4.69) is 0 Å². The van der Waals surface area contributed by atoms with E-state index >= 15 is 0 Å². The van der Waals surface area contributed by atoms with Gasteiger partial charge in [-0.2, -0.15) is 0 Å². The molecule has 0 aliphatic carbocycles. The average Bonchev–Trinajstić information content (AvgIpc) is 2.97. The number of benzene rings is 2. The van der Waals surface area contributed by atoms with Crippen LogP contribution in [0.25, 0.3) is 0 Å². The van der Waals surface area contributed by atoms with Gasteiger partial charge in [-0.3, -0.25) is 4.79 Å². The van der Waals surface area contributed by atoms with E-state index in [9.17, 15) is 4.79 Å². The summed E-state index contributed by atoms with van der Waals surface area (Å²) in [7, 11) is 0. The molecule has 1 atom stereocenters. The third kappa shape index (κ3) is 2.82. The van der Waals surface area contributed by atoms with Crippen LogP contribution in [0.1, 0.15) is 16.8 Å². The lowest BCUT2D eigenvalue weighted by Crippen LogP contribution is -2.30. The summed E-state index contributed by atoms with van der Waals surface area (Å²) >= 11 is 0. The van der Waals surface area contributed by atoms with Crippen LogP contribution in [0.15, 0.2) is 60.7 Å². The van der Waals surface area contributed by atoms with Crippen molar-refractivity contribution in [1.82, 2.24) is 4.90 Å². The van der Waals surface area contributed by atoms with Crippen LogP contribution in [0.4, 0.5) is 0 Å². The predicted octanol–water partition coefficient (Wildman–Crippen LogP) is 2.98. The van der Waals surface area contributed by atoms with E-state index in [1.165, 1.54) is 0 Å². The number of likely N-dealkylation sites (tertiary alicyclic amines) is 1. The van der Waals surface area contributed by atoms with Crippen LogP contribution in [0.3, 0.4) is 0 Å². The zero-order chi connectivity index (χ0) is 13.8. The minimum absolute atomic E-state index is 0.0877. The molecule has 1 saturated heterocycles. The molecule has 1 heterocycles. The van der Waals surface area contributed by atoms with Gasteiger partial charge in [0.15, 0.2) is 0 Å². The summed E-state index contributed by atoms with van der Waals surface area (Å²) in [5.41, 5.74) is 0.743. The zero-order valence-corrected chi connectivity index (χ0v) is 11.2. The standard InChI is InChI=1S/C17H17NO2/c19-17(14-7-3-1-4-8-14)18-12-11-16(13-18)20-15-9-5-2-6-10-15/h1-10,16H,11-13H2/t16-/m1/s1. The Morgan fingerprint density at radius 3 is 2.35 bits per heavy atom. The molecule has 1 aliphatic rings. The van der Waals surface area contributed by atoms with Gasteiger partial charge in [0.2, 0.25) is 0 Å². The van der Waals surface area contributed by atoms with Crippen molar-refractivity contribution in [3.8, 4) is 5.75 Å². The highest BCUT2D eigenvalue weighted by molar-refractivity contribution is 5.94. The van der Waals surface area contributed by atoms with Gasteiger partial charge in [0, 0.05) is 18.5 Å². The number of hydrogen-bond donors (Lipinski definition) is 0. The van der Waals surface area contributed by atoms with E-state index in [0.717, 1.165) is 24.3 Å². The fourth-order valence-corrected chi connectivity index (χ4v) is 2.46. The number of nitrogens with zero attached hydrogens (tertiary/aromatic N) is 1. The number of amides is 1. The molecule has 1 fully saturated rings. The second-order valence-corrected chi connectivity index (χ2v) is 4.96. The van der Waals surface area contributed by atoms with Crippen molar-refractivity contribution < 1.29 is 9.53 Å². The van der Waals surface area contributed by atoms with Gasteiger partial charge in [-0.15, -0.1) is 0 Å². The van der Waals surface area contributed by atoms with E-state index in [-0.39, 0.29) is 12.0 Å². The van der Waals surface area contributed by atoms with Gasteiger partial charge < -0.3 is 9.64 Å². The Morgan fingerprint density at radius 1 is 1.00 bits per heavy atom. The minimum Gasteiger partial charge on any atom is -0.489 e. The van der Waals surface area contributed by atoms with Crippen molar-refractivity contribution in [3.05, 3.63) is 66.2 Å². The van der Waals surface area contributed by atoms with E-state index in [1.807, 2.05) is 65.6 Å². The Morgan fingerprint density at radius 2 is 1.65 bits per heavy atom. The van der Waals surface area contributed by atoms with Crippen LogP contribution < -0.4 is 4.74 Å². The number of hydrogen-bond acceptors (Lipinski definition) is 2. The summed E-state index contributed by atoms with van der Waals surface area (Å²) in [4.78, 5) is 14.2. The van der Waals surface area contributed by atoms with Gasteiger partial charge in [0.25, 0.3) is 5.91 Å². The fourth-order valence-electron chi connectivity index (χ4n) is 2.46. The lowest BCUT2D eigenvalue weighted by atomic mass is 10.2. The molecule has 0 saturated carbocycles.